The topological polar surface area (TPSA) is 95.6 Å². The Hall–Kier alpha value is -2.42. The van der Waals surface area contributed by atoms with Gasteiger partial charge in [-0.05, 0) is 80.6 Å². The van der Waals surface area contributed by atoms with Crippen LogP contribution in [0, 0.1) is 13.8 Å². The van der Waals surface area contributed by atoms with Crippen molar-refractivity contribution >= 4 is 39.1 Å². The van der Waals surface area contributed by atoms with Crippen LogP contribution in [0.15, 0.2) is 47.4 Å². The van der Waals surface area contributed by atoms with E-state index in [0.717, 1.165) is 24.0 Å². The van der Waals surface area contributed by atoms with E-state index in [0.29, 0.717) is 30.1 Å². The van der Waals surface area contributed by atoms with Crippen molar-refractivity contribution in [2.45, 2.75) is 50.5 Å². The third kappa shape index (κ3) is 6.09. The van der Waals surface area contributed by atoms with Crippen LogP contribution >= 0.6 is 11.6 Å². The van der Waals surface area contributed by atoms with Gasteiger partial charge < -0.3 is 10.6 Å². The molecule has 0 spiro atoms. The van der Waals surface area contributed by atoms with Gasteiger partial charge in [-0.1, -0.05) is 24.1 Å². The molecule has 0 aromatic heterocycles. The fraction of sp³-hybridized carbons (Fsp3) is 0.391. The van der Waals surface area contributed by atoms with E-state index in [9.17, 15) is 18.0 Å². The van der Waals surface area contributed by atoms with Crippen LogP contribution in [-0.2, 0) is 19.6 Å². The monoisotopic (exact) mass is 477 g/mol. The van der Waals surface area contributed by atoms with Crippen molar-refractivity contribution in [2.24, 2.45) is 0 Å². The summed E-state index contributed by atoms with van der Waals surface area (Å²) in [5.74, 6) is -1.49. The highest BCUT2D eigenvalue weighted by molar-refractivity contribution is 7.89. The third-order valence-electron chi connectivity index (χ3n) is 5.44. The van der Waals surface area contributed by atoms with Gasteiger partial charge in [0, 0.05) is 29.8 Å². The number of nitrogens with one attached hydrogen (secondary N) is 2. The Labute approximate surface area is 194 Å². The molecule has 2 N–H and O–H groups in total. The number of sulfonamides is 1. The molecular formula is C23H28ClN3O4S. The van der Waals surface area contributed by atoms with Crippen molar-refractivity contribution < 1.29 is 18.0 Å². The quantitative estimate of drug-likeness (QED) is 0.621. The van der Waals surface area contributed by atoms with Gasteiger partial charge in [-0.25, -0.2) is 8.42 Å². The van der Waals surface area contributed by atoms with Crippen molar-refractivity contribution in [1.29, 1.82) is 0 Å². The summed E-state index contributed by atoms with van der Waals surface area (Å²) in [5.41, 5.74) is 2.54. The molecule has 0 bridgehead atoms. The first-order valence-corrected chi connectivity index (χ1v) is 12.4. The van der Waals surface area contributed by atoms with E-state index in [2.05, 4.69) is 10.6 Å². The summed E-state index contributed by atoms with van der Waals surface area (Å²) in [5, 5.41) is 5.68. The second kappa shape index (κ2) is 10.5. The molecule has 2 aromatic rings. The van der Waals surface area contributed by atoms with Crippen LogP contribution in [0.4, 0.5) is 5.69 Å². The summed E-state index contributed by atoms with van der Waals surface area (Å²) in [6, 6.07) is 11.4. The number of anilines is 1. The molecule has 2 aromatic carbocycles. The lowest BCUT2D eigenvalue weighted by Crippen LogP contribution is -2.45. The van der Waals surface area contributed by atoms with Crippen LogP contribution in [0.5, 0.6) is 0 Å². The molecule has 1 saturated heterocycles. The van der Waals surface area contributed by atoms with Crippen molar-refractivity contribution in [2.75, 3.05) is 18.4 Å². The summed E-state index contributed by atoms with van der Waals surface area (Å²) in [6.45, 7) is 4.46. The van der Waals surface area contributed by atoms with Crippen molar-refractivity contribution in [3.63, 3.8) is 0 Å². The van der Waals surface area contributed by atoms with Crippen molar-refractivity contribution in [3.8, 4) is 0 Å². The van der Waals surface area contributed by atoms with E-state index >= 15 is 0 Å². The average Bonchev–Trinajstić information content (AvgIpc) is 2.73. The second-order valence-corrected chi connectivity index (χ2v) is 10.4. The Morgan fingerprint density at radius 1 is 1.03 bits per heavy atom. The Bertz CT molecular complexity index is 1070. The number of benzene rings is 2. The van der Waals surface area contributed by atoms with E-state index in [4.69, 9.17) is 11.6 Å². The van der Waals surface area contributed by atoms with Gasteiger partial charge in [0.25, 0.3) is 0 Å². The van der Waals surface area contributed by atoms with E-state index < -0.39 is 21.8 Å². The van der Waals surface area contributed by atoms with Gasteiger partial charge in [-0.15, -0.1) is 0 Å². The molecule has 32 heavy (non-hydrogen) atoms. The van der Waals surface area contributed by atoms with E-state index in [-0.39, 0.29) is 17.5 Å². The molecule has 7 nitrogen and oxygen atoms in total. The number of halogens is 1. The van der Waals surface area contributed by atoms with Crippen molar-refractivity contribution in [3.05, 3.63) is 58.6 Å². The highest BCUT2D eigenvalue weighted by Gasteiger charge is 2.33. The standard InChI is InChI=1S/C23H28ClN3O4S/c1-16-13-17(2)15-19(14-16)26-23(29)22(28)25-11-10-20-5-3-4-12-27(20)32(30,31)21-8-6-18(24)7-9-21/h6-9,13-15,20H,3-5,10-12H2,1-2H3,(H,25,28)(H,26,29)/t20-/m0/s1. The number of aryl methyl sites for hydroxylation is 2. The van der Waals surface area contributed by atoms with Gasteiger partial charge in [0.2, 0.25) is 10.0 Å². The van der Waals surface area contributed by atoms with Crippen LogP contribution in [0.25, 0.3) is 0 Å². The Kier molecular flexibility index (Phi) is 7.92. The Morgan fingerprint density at radius 3 is 2.34 bits per heavy atom. The van der Waals surface area contributed by atoms with Gasteiger partial charge in [-0.3, -0.25) is 9.59 Å². The lowest BCUT2D eigenvalue weighted by atomic mass is 10.0. The first-order valence-electron chi connectivity index (χ1n) is 10.6. The van der Waals surface area contributed by atoms with Crippen LogP contribution < -0.4 is 10.6 Å². The van der Waals surface area contributed by atoms with E-state index in [1.54, 1.807) is 24.3 Å². The maximum Gasteiger partial charge on any atom is 0.313 e. The minimum Gasteiger partial charge on any atom is -0.348 e. The molecule has 2 amide bonds. The summed E-state index contributed by atoms with van der Waals surface area (Å²) in [6.07, 6.45) is 2.83. The highest BCUT2D eigenvalue weighted by Crippen LogP contribution is 2.27. The molecule has 0 unspecified atom stereocenters. The number of hydrogen-bond acceptors (Lipinski definition) is 4. The second-order valence-electron chi connectivity index (χ2n) is 8.09. The minimum absolute atomic E-state index is 0.200. The lowest BCUT2D eigenvalue weighted by molar-refractivity contribution is -0.136. The van der Waals surface area contributed by atoms with Crippen molar-refractivity contribution in [1.82, 2.24) is 9.62 Å². The average molecular weight is 478 g/mol. The number of hydrogen-bond donors (Lipinski definition) is 2. The summed E-state index contributed by atoms with van der Waals surface area (Å²) in [4.78, 5) is 24.6. The maximum atomic E-state index is 13.1. The van der Waals surface area contributed by atoms with Gasteiger partial charge in [0.1, 0.15) is 0 Å². The molecule has 172 valence electrons. The highest BCUT2D eigenvalue weighted by atomic mass is 35.5. The zero-order valence-electron chi connectivity index (χ0n) is 18.2. The molecule has 1 heterocycles. The Balaban J connectivity index is 1.58. The number of amides is 2. The fourth-order valence-electron chi connectivity index (χ4n) is 3.99. The predicted octanol–water partition coefficient (Wildman–Crippen LogP) is 3.65. The third-order valence-corrected chi connectivity index (χ3v) is 7.66. The molecule has 0 saturated carbocycles. The lowest BCUT2D eigenvalue weighted by Gasteiger charge is -2.34. The van der Waals surface area contributed by atoms with Gasteiger partial charge in [0.15, 0.2) is 0 Å². The number of piperidine rings is 1. The van der Waals surface area contributed by atoms with E-state index in [1.807, 2.05) is 19.9 Å². The fourth-order valence-corrected chi connectivity index (χ4v) is 5.84. The van der Waals surface area contributed by atoms with E-state index in [1.165, 1.54) is 16.4 Å². The molecule has 9 heteroatoms. The molecule has 1 fully saturated rings. The molecule has 0 radical (unpaired) electrons. The summed E-state index contributed by atoms with van der Waals surface area (Å²) < 4.78 is 27.7. The SMILES string of the molecule is Cc1cc(C)cc(NC(=O)C(=O)NCC[C@@H]2CCCCN2S(=O)(=O)c2ccc(Cl)cc2)c1. The predicted molar refractivity (Wildman–Crippen MR) is 125 cm³/mol. The zero-order chi connectivity index (χ0) is 23.3. The molecule has 1 aliphatic rings. The summed E-state index contributed by atoms with van der Waals surface area (Å²) in [7, 11) is -3.66. The smallest absolute Gasteiger partial charge is 0.313 e. The zero-order valence-corrected chi connectivity index (χ0v) is 19.8. The van der Waals surface area contributed by atoms with Crippen LogP contribution in [0.1, 0.15) is 36.8 Å². The largest absolute Gasteiger partial charge is 0.348 e. The Morgan fingerprint density at radius 2 is 1.69 bits per heavy atom. The molecule has 1 atom stereocenters. The molecule has 1 aliphatic heterocycles. The number of carbonyl (C=O) groups excluding carboxylic acids is 2. The minimum atomic E-state index is -3.66. The van der Waals surface area contributed by atoms with Crippen LogP contribution in [0.2, 0.25) is 5.02 Å². The number of rotatable bonds is 6. The van der Waals surface area contributed by atoms with Crippen LogP contribution in [0.3, 0.4) is 0 Å². The molecule has 3 rings (SSSR count). The molecular weight excluding hydrogens is 450 g/mol. The van der Waals surface area contributed by atoms with Gasteiger partial charge in [0.05, 0.1) is 4.90 Å². The number of carbonyl (C=O) groups is 2. The van der Waals surface area contributed by atoms with Gasteiger partial charge in [-0.2, -0.15) is 4.31 Å². The van der Waals surface area contributed by atoms with Crippen LogP contribution in [-0.4, -0.2) is 43.7 Å². The maximum absolute atomic E-state index is 13.1. The normalized spacial score (nSPS) is 17.0. The first-order chi connectivity index (χ1) is 15.2. The molecule has 0 aliphatic carbocycles. The summed E-state index contributed by atoms with van der Waals surface area (Å²) >= 11 is 5.89. The number of nitrogens with zero attached hydrogens (tertiary/aromatic N) is 1. The first kappa shape index (κ1) is 24.2. The van der Waals surface area contributed by atoms with Gasteiger partial charge >= 0.3 is 11.8 Å².